The van der Waals surface area contributed by atoms with Gasteiger partial charge in [-0.05, 0) is 49.6 Å². The molecule has 0 spiro atoms. The van der Waals surface area contributed by atoms with Gasteiger partial charge in [0, 0.05) is 17.2 Å². The van der Waals surface area contributed by atoms with E-state index in [1.165, 1.54) is 41.8 Å². The van der Waals surface area contributed by atoms with Crippen LogP contribution in [0.5, 0.6) is 0 Å². The Kier molecular flexibility index (Phi) is 4.85. The summed E-state index contributed by atoms with van der Waals surface area (Å²) in [6.07, 6.45) is 5.12. The van der Waals surface area contributed by atoms with Crippen molar-refractivity contribution in [3.05, 3.63) is 70.9 Å². The maximum absolute atomic E-state index is 12.3. The molecule has 1 amide bonds. The Bertz CT molecular complexity index is 894. The number of amides is 1. The van der Waals surface area contributed by atoms with Gasteiger partial charge in [0.25, 0.3) is 5.91 Å². The number of aryl methyl sites for hydroxylation is 1. The van der Waals surface area contributed by atoms with E-state index in [0.717, 1.165) is 10.7 Å². The lowest BCUT2D eigenvalue weighted by atomic mass is 10.00. The van der Waals surface area contributed by atoms with Crippen molar-refractivity contribution in [3.8, 4) is 10.4 Å². The van der Waals surface area contributed by atoms with Crippen LogP contribution in [0, 0.1) is 6.92 Å². The maximum Gasteiger partial charge on any atom is 0.255 e. The first kappa shape index (κ1) is 17.0. The summed E-state index contributed by atoms with van der Waals surface area (Å²) in [5.41, 5.74) is 3.94. The minimum atomic E-state index is -0.0846. The summed E-state index contributed by atoms with van der Waals surface area (Å²) >= 11 is 1.77. The number of hydrogen-bond acceptors (Lipinski definition) is 3. The molecule has 1 aromatic heterocycles. The number of nitrogens with zero attached hydrogens (tertiary/aromatic N) is 1. The fourth-order valence-electron chi connectivity index (χ4n) is 3.62. The smallest absolute Gasteiger partial charge is 0.255 e. The van der Waals surface area contributed by atoms with Crippen molar-refractivity contribution >= 4 is 22.9 Å². The number of carbonyl (C=O) groups excluding carboxylic acids is 1. The van der Waals surface area contributed by atoms with Crippen molar-refractivity contribution in [1.82, 2.24) is 4.98 Å². The average Bonchev–Trinajstić information content (AvgIpc) is 3.32. The molecule has 0 radical (unpaired) electrons. The summed E-state index contributed by atoms with van der Waals surface area (Å²) in [5.74, 6) is 0.519. The quantitative estimate of drug-likeness (QED) is 0.616. The van der Waals surface area contributed by atoms with Crippen molar-refractivity contribution in [2.45, 2.75) is 38.5 Å². The molecule has 0 saturated heterocycles. The Morgan fingerprint density at radius 1 is 1.04 bits per heavy atom. The monoisotopic (exact) mass is 362 g/mol. The molecule has 1 saturated carbocycles. The van der Waals surface area contributed by atoms with Crippen LogP contribution in [0.1, 0.15) is 52.7 Å². The predicted molar refractivity (Wildman–Crippen MR) is 108 cm³/mol. The third kappa shape index (κ3) is 3.56. The lowest BCUT2D eigenvalue weighted by molar-refractivity contribution is 0.102. The second kappa shape index (κ2) is 7.42. The van der Waals surface area contributed by atoms with Gasteiger partial charge in [0.05, 0.1) is 15.6 Å². The summed E-state index contributed by atoms with van der Waals surface area (Å²) in [5, 5.41) is 4.09. The van der Waals surface area contributed by atoms with Crippen LogP contribution in [0.25, 0.3) is 10.4 Å². The Hall–Kier alpha value is -2.46. The molecule has 1 aliphatic rings. The van der Waals surface area contributed by atoms with Gasteiger partial charge in [-0.1, -0.05) is 43.2 Å². The fraction of sp³-hybridized carbons (Fsp3) is 0.273. The van der Waals surface area contributed by atoms with E-state index in [4.69, 9.17) is 4.98 Å². The van der Waals surface area contributed by atoms with Crippen molar-refractivity contribution in [2.24, 2.45) is 0 Å². The number of aromatic nitrogens is 1. The molecule has 2 aromatic carbocycles. The van der Waals surface area contributed by atoms with Crippen molar-refractivity contribution in [2.75, 3.05) is 5.32 Å². The van der Waals surface area contributed by atoms with E-state index in [0.29, 0.717) is 11.5 Å². The standard InChI is InChI=1S/C22H22N2OS/c1-15-23-20(16-7-5-6-8-16)21(26-15)17-11-13-19(14-12-17)24-22(25)18-9-3-2-4-10-18/h2-4,9-14,16H,5-8H2,1H3,(H,24,25). The second-order valence-corrected chi connectivity index (χ2v) is 8.03. The highest BCUT2D eigenvalue weighted by Gasteiger charge is 2.24. The van der Waals surface area contributed by atoms with Gasteiger partial charge in [0.1, 0.15) is 0 Å². The molecule has 3 aromatic rings. The molecule has 0 atom stereocenters. The average molecular weight is 362 g/mol. The lowest BCUT2D eigenvalue weighted by Crippen LogP contribution is -2.11. The molecule has 0 aliphatic heterocycles. The van der Waals surface area contributed by atoms with E-state index in [-0.39, 0.29) is 5.91 Å². The molecule has 1 fully saturated rings. The van der Waals surface area contributed by atoms with Crippen LogP contribution in [0.3, 0.4) is 0 Å². The first-order valence-corrected chi connectivity index (χ1v) is 9.96. The summed E-state index contributed by atoms with van der Waals surface area (Å²) in [4.78, 5) is 18.4. The van der Waals surface area contributed by atoms with Crippen molar-refractivity contribution in [1.29, 1.82) is 0 Å². The molecule has 1 aliphatic carbocycles. The number of carbonyl (C=O) groups is 1. The van der Waals surface area contributed by atoms with Gasteiger partial charge in [-0.2, -0.15) is 0 Å². The molecular weight excluding hydrogens is 340 g/mol. The van der Waals surface area contributed by atoms with E-state index in [9.17, 15) is 4.79 Å². The molecule has 0 unspecified atom stereocenters. The number of thiazole rings is 1. The maximum atomic E-state index is 12.3. The zero-order chi connectivity index (χ0) is 17.9. The van der Waals surface area contributed by atoms with Crippen LogP contribution in [0.2, 0.25) is 0 Å². The van der Waals surface area contributed by atoms with Gasteiger partial charge in [0.2, 0.25) is 0 Å². The topological polar surface area (TPSA) is 42.0 Å². The highest BCUT2D eigenvalue weighted by molar-refractivity contribution is 7.15. The Morgan fingerprint density at radius 2 is 1.73 bits per heavy atom. The van der Waals surface area contributed by atoms with Gasteiger partial charge in [-0.15, -0.1) is 11.3 Å². The summed E-state index contributed by atoms with van der Waals surface area (Å²) in [6.45, 7) is 2.08. The number of hydrogen-bond donors (Lipinski definition) is 1. The number of rotatable bonds is 4. The van der Waals surface area contributed by atoms with Gasteiger partial charge < -0.3 is 5.32 Å². The third-order valence-electron chi connectivity index (χ3n) is 4.94. The molecule has 26 heavy (non-hydrogen) atoms. The van der Waals surface area contributed by atoms with Gasteiger partial charge in [0.15, 0.2) is 0 Å². The molecule has 4 heteroatoms. The molecule has 4 rings (SSSR count). The van der Waals surface area contributed by atoms with E-state index < -0.39 is 0 Å². The minimum Gasteiger partial charge on any atom is -0.322 e. The highest BCUT2D eigenvalue weighted by Crippen LogP contribution is 2.41. The van der Waals surface area contributed by atoms with Crippen LogP contribution < -0.4 is 5.32 Å². The van der Waals surface area contributed by atoms with Crippen LogP contribution in [-0.2, 0) is 0 Å². The van der Waals surface area contributed by atoms with Gasteiger partial charge in [-0.3, -0.25) is 4.79 Å². The predicted octanol–water partition coefficient (Wildman–Crippen LogP) is 6.03. The molecule has 1 N–H and O–H groups in total. The van der Waals surface area contributed by atoms with E-state index in [1.807, 2.05) is 42.5 Å². The van der Waals surface area contributed by atoms with Crippen molar-refractivity contribution < 1.29 is 4.79 Å². The van der Waals surface area contributed by atoms with Crippen LogP contribution in [0.15, 0.2) is 54.6 Å². The molecule has 0 bridgehead atoms. The van der Waals surface area contributed by atoms with E-state index >= 15 is 0 Å². The van der Waals surface area contributed by atoms with E-state index in [1.54, 1.807) is 11.3 Å². The normalized spacial score (nSPS) is 14.5. The number of benzene rings is 2. The molecule has 1 heterocycles. The largest absolute Gasteiger partial charge is 0.322 e. The fourth-order valence-corrected chi connectivity index (χ4v) is 4.63. The van der Waals surface area contributed by atoms with Gasteiger partial charge >= 0.3 is 0 Å². The molecule has 3 nitrogen and oxygen atoms in total. The first-order valence-electron chi connectivity index (χ1n) is 9.15. The SMILES string of the molecule is Cc1nc(C2CCCC2)c(-c2ccc(NC(=O)c3ccccc3)cc2)s1. The van der Waals surface area contributed by atoms with Crippen molar-refractivity contribution in [3.63, 3.8) is 0 Å². The Balaban J connectivity index is 1.54. The first-order chi connectivity index (χ1) is 12.7. The van der Waals surface area contributed by atoms with Gasteiger partial charge in [-0.25, -0.2) is 4.98 Å². The summed E-state index contributed by atoms with van der Waals surface area (Å²) < 4.78 is 0. The lowest BCUT2D eigenvalue weighted by Gasteiger charge is -2.10. The number of anilines is 1. The Labute approximate surface area is 158 Å². The highest BCUT2D eigenvalue weighted by atomic mass is 32.1. The number of nitrogens with one attached hydrogen (secondary N) is 1. The molecular formula is C22H22N2OS. The van der Waals surface area contributed by atoms with Crippen LogP contribution >= 0.6 is 11.3 Å². The minimum absolute atomic E-state index is 0.0846. The second-order valence-electron chi connectivity index (χ2n) is 6.83. The van der Waals surface area contributed by atoms with Crippen LogP contribution in [0.4, 0.5) is 5.69 Å². The van der Waals surface area contributed by atoms with Crippen LogP contribution in [-0.4, -0.2) is 10.9 Å². The summed E-state index contributed by atoms with van der Waals surface area (Å²) in [7, 11) is 0. The zero-order valence-electron chi connectivity index (χ0n) is 14.9. The zero-order valence-corrected chi connectivity index (χ0v) is 15.7. The third-order valence-corrected chi connectivity index (χ3v) is 5.98. The van der Waals surface area contributed by atoms with E-state index in [2.05, 4.69) is 24.4 Å². The Morgan fingerprint density at radius 3 is 2.42 bits per heavy atom. The molecule has 132 valence electrons. The summed E-state index contributed by atoms with van der Waals surface area (Å²) in [6, 6.07) is 17.4.